The van der Waals surface area contributed by atoms with Crippen LogP contribution in [0.2, 0.25) is 0 Å². The number of amides is 1. The number of nitrogens with zero attached hydrogens (tertiary/aromatic N) is 1. The molecule has 0 saturated carbocycles. The van der Waals surface area contributed by atoms with E-state index in [1.807, 2.05) is 29.9 Å². The average Bonchev–Trinajstić information content (AvgIpc) is 2.81. The number of rotatable bonds is 4. The Morgan fingerprint density at radius 3 is 2.89 bits per heavy atom. The molecule has 19 heavy (non-hydrogen) atoms. The van der Waals surface area contributed by atoms with Gasteiger partial charge in [0, 0.05) is 31.2 Å². The van der Waals surface area contributed by atoms with Crippen molar-refractivity contribution < 1.29 is 9.53 Å². The summed E-state index contributed by atoms with van der Waals surface area (Å²) in [6.45, 7) is 0.399. The van der Waals surface area contributed by atoms with E-state index in [-0.39, 0.29) is 22.8 Å². The summed E-state index contributed by atoms with van der Waals surface area (Å²) in [5, 5.41) is 2.74. The van der Waals surface area contributed by atoms with E-state index in [0.29, 0.717) is 6.54 Å². The molecule has 2 aromatic heterocycles. The van der Waals surface area contributed by atoms with Crippen LogP contribution in [0.4, 0.5) is 0 Å². The van der Waals surface area contributed by atoms with E-state index in [2.05, 4.69) is 10.3 Å². The number of carbonyl (C=O) groups is 1. The number of hydrogen-bond acceptors (Lipinski definition) is 3. The first-order valence-electron chi connectivity index (χ1n) is 5.77. The Morgan fingerprint density at radius 1 is 1.53 bits per heavy atom. The first-order valence-corrected chi connectivity index (χ1v) is 5.77. The number of pyridine rings is 1. The van der Waals surface area contributed by atoms with E-state index >= 15 is 0 Å². The van der Waals surface area contributed by atoms with Gasteiger partial charge in [-0.3, -0.25) is 9.59 Å². The summed E-state index contributed by atoms with van der Waals surface area (Å²) in [6.07, 6.45) is 3.27. The fourth-order valence-corrected chi connectivity index (χ4v) is 1.70. The van der Waals surface area contributed by atoms with Gasteiger partial charge in [-0.2, -0.15) is 0 Å². The molecule has 0 unspecified atom stereocenters. The van der Waals surface area contributed by atoms with Crippen molar-refractivity contribution in [3.8, 4) is 5.75 Å². The zero-order valence-corrected chi connectivity index (χ0v) is 10.8. The predicted octanol–water partition coefficient (Wildman–Crippen LogP) is 0.652. The van der Waals surface area contributed by atoms with Gasteiger partial charge in [0.25, 0.3) is 5.91 Å². The van der Waals surface area contributed by atoms with Gasteiger partial charge in [-0.15, -0.1) is 0 Å². The SMILES string of the molecule is COc1c[nH]c(C(=O)NCc2cccn2C)cc1=O. The Morgan fingerprint density at radius 2 is 2.32 bits per heavy atom. The number of carbonyl (C=O) groups excluding carboxylic acids is 1. The molecule has 0 bridgehead atoms. The largest absolute Gasteiger partial charge is 0.491 e. The minimum absolute atomic E-state index is 0.180. The number of H-pyrrole nitrogens is 1. The number of nitrogens with one attached hydrogen (secondary N) is 2. The molecule has 2 N–H and O–H groups in total. The minimum atomic E-state index is -0.332. The summed E-state index contributed by atoms with van der Waals surface area (Å²) in [7, 11) is 3.30. The highest BCUT2D eigenvalue weighted by molar-refractivity contribution is 5.92. The standard InChI is InChI=1S/C13H15N3O3/c1-16-5-3-4-9(16)7-15-13(18)10-6-11(17)12(19-2)8-14-10/h3-6,8H,7H2,1-2H3,(H,14,17)(H,15,18). The monoisotopic (exact) mass is 261 g/mol. The van der Waals surface area contributed by atoms with Crippen LogP contribution in [0, 0.1) is 0 Å². The zero-order chi connectivity index (χ0) is 13.8. The van der Waals surface area contributed by atoms with E-state index < -0.39 is 0 Å². The van der Waals surface area contributed by atoms with Crippen LogP contribution in [0.25, 0.3) is 0 Å². The van der Waals surface area contributed by atoms with Gasteiger partial charge in [-0.25, -0.2) is 0 Å². The third-order valence-electron chi connectivity index (χ3n) is 2.82. The summed E-state index contributed by atoms with van der Waals surface area (Å²) in [5.74, 6) is -0.153. The van der Waals surface area contributed by atoms with Gasteiger partial charge in [-0.05, 0) is 12.1 Å². The van der Waals surface area contributed by atoms with Crippen LogP contribution in [0.1, 0.15) is 16.2 Å². The second-order valence-corrected chi connectivity index (χ2v) is 4.07. The van der Waals surface area contributed by atoms with Crippen LogP contribution < -0.4 is 15.5 Å². The highest BCUT2D eigenvalue weighted by atomic mass is 16.5. The summed E-state index contributed by atoms with van der Waals surface area (Å²) >= 11 is 0. The van der Waals surface area contributed by atoms with Gasteiger partial charge >= 0.3 is 0 Å². The molecule has 2 rings (SSSR count). The smallest absolute Gasteiger partial charge is 0.268 e. The highest BCUT2D eigenvalue weighted by Gasteiger charge is 2.09. The molecule has 0 spiro atoms. The lowest BCUT2D eigenvalue weighted by Gasteiger charge is -2.07. The molecule has 0 aliphatic heterocycles. The second-order valence-electron chi connectivity index (χ2n) is 4.07. The van der Waals surface area contributed by atoms with Crippen LogP contribution in [0.3, 0.4) is 0 Å². The van der Waals surface area contributed by atoms with Crippen molar-refractivity contribution in [2.24, 2.45) is 7.05 Å². The Bertz CT molecular complexity index is 643. The maximum Gasteiger partial charge on any atom is 0.268 e. The molecular weight excluding hydrogens is 246 g/mol. The molecule has 2 heterocycles. The molecule has 100 valence electrons. The van der Waals surface area contributed by atoms with Crippen LogP contribution >= 0.6 is 0 Å². The summed E-state index contributed by atoms with van der Waals surface area (Å²) < 4.78 is 6.75. The summed E-state index contributed by atoms with van der Waals surface area (Å²) in [5.41, 5.74) is 0.856. The lowest BCUT2D eigenvalue weighted by atomic mass is 10.3. The summed E-state index contributed by atoms with van der Waals surface area (Å²) in [6, 6.07) is 5.03. The Labute approximate surface area is 110 Å². The van der Waals surface area contributed by atoms with Gasteiger partial charge in [0.2, 0.25) is 5.43 Å². The maximum absolute atomic E-state index is 11.9. The fourth-order valence-electron chi connectivity index (χ4n) is 1.70. The molecule has 0 atom stereocenters. The molecule has 6 heteroatoms. The molecule has 6 nitrogen and oxygen atoms in total. The van der Waals surface area contributed by atoms with Gasteiger partial charge in [0.05, 0.1) is 13.7 Å². The lowest BCUT2D eigenvalue weighted by Crippen LogP contribution is -2.26. The molecule has 0 aromatic carbocycles. The molecule has 2 aromatic rings. The number of aryl methyl sites for hydroxylation is 1. The average molecular weight is 261 g/mol. The van der Waals surface area contributed by atoms with Gasteiger partial charge < -0.3 is 19.6 Å². The van der Waals surface area contributed by atoms with Crippen LogP contribution in [-0.4, -0.2) is 22.6 Å². The molecule has 0 saturated heterocycles. The topological polar surface area (TPSA) is 76.1 Å². The van der Waals surface area contributed by atoms with Crippen LogP contribution in [0.5, 0.6) is 5.75 Å². The van der Waals surface area contributed by atoms with Crippen LogP contribution in [-0.2, 0) is 13.6 Å². The molecule has 1 amide bonds. The maximum atomic E-state index is 11.9. The number of aromatic amines is 1. The minimum Gasteiger partial charge on any atom is -0.491 e. The van der Waals surface area contributed by atoms with Crippen molar-refractivity contribution in [3.05, 3.63) is 52.2 Å². The van der Waals surface area contributed by atoms with E-state index in [4.69, 9.17) is 4.74 Å². The Hall–Kier alpha value is -2.50. The first kappa shape index (κ1) is 12.9. The van der Waals surface area contributed by atoms with Crippen molar-refractivity contribution in [2.75, 3.05) is 7.11 Å². The number of aromatic nitrogens is 2. The van der Waals surface area contributed by atoms with Crippen molar-refractivity contribution in [3.63, 3.8) is 0 Å². The normalized spacial score (nSPS) is 10.2. The second kappa shape index (κ2) is 5.43. The van der Waals surface area contributed by atoms with E-state index in [9.17, 15) is 9.59 Å². The molecule has 0 radical (unpaired) electrons. The van der Waals surface area contributed by atoms with Crippen LogP contribution in [0.15, 0.2) is 35.4 Å². The number of ether oxygens (including phenoxy) is 1. The Balaban J connectivity index is 2.06. The number of hydrogen-bond donors (Lipinski definition) is 2. The number of methoxy groups -OCH3 is 1. The third kappa shape index (κ3) is 2.85. The Kier molecular flexibility index (Phi) is 3.70. The quantitative estimate of drug-likeness (QED) is 0.848. The molecular formula is C13H15N3O3. The van der Waals surface area contributed by atoms with Crippen molar-refractivity contribution in [1.82, 2.24) is 14.9 Å². The lowest BCUT2D eigenvalue weighted by molar-refractivity contribution is 0.0945. The third-order valence-corrected chi connectivity index (χ3v) is 2.82. The van der Waals surface area contributed by atoms with E-state index in [1.54, 1.807) is 0 Å². The fraction of sp³-hybridized carbons (Fsp3) is 0.231. The van der Waals surface area contributed by atoms with Crippen molar-refractivity contribution in [1.29, 1.82) is 0 Å². The zero-order valence-electron chi connectivity index (χ0n) is 10.8. The predicted molar refractivity (Wildman–Crippen MR) is 70.2 cm³/mol. The highest BCUT2D eigenvalue weighted by Crippen LogP contribution is 2.02. The van der Waals surface area contributed by atoms with Crippen molar-refractivity contribution >= 4 is 5.91 Å². The van der Waals surface area contributed by atoms with Gasteiger partial charge in [0.1, 0.15) is 5.69 Å². The van der Waals surface area contributed by atoms with E-state index in [1.165, 1.54) is 19.4 Å². The molecule has 0 aliphatic rings. The first-order chi connectivity index (χ1) is 9.11. The van der Waals surface area contributed by atoms with E-state index in [0.717, 1.165) is 5.69 Å². The molecule has 0 aliphatic carbocycles. The van der Waals surface area contributed by atoms with Gasteiger partial charge in [0.15, 0.2) is 5.75 Å². The molecule has 0 fully saturated rings. The summed E-state index contributed by atoms with van der Waals surface area (Å²) in [4.78, 5) is 26.1. The van der Waals surface area contributed by atoms with Gasteiger partial charge in [-0.1, -0.05) is 0 Å². The van der Waals surface area contributed by atoms with Crippen molar-refractivity contribution in [2.45, 2.75) is 6.54 Å².